The SMILES string of the molecule is Cc1ccnc(Nc2nc3c(s2)C(C)OCC2N=NCC32)n1. The number of hydrogen-bond donors (Lipinski definition) is 1. The van der Waals surface area contributed by atoms with Crippen molar-refractivity contribution in [1.29, 1.82) is 0 Å². The largest absolute Gasteiger partial charge is 0.371 e. The van der Waals surface area contributed by atoms with E-state index in [1.807, 2.05) is 13.0 Å². The van der Waals surface area contributed by atoms with Crippen LogP contribution in [0.15, 0.2) is 22.5 Å². The molecule has 7 nitrogen and oxygen atoms in total. The van der Waals surface area contributed by atoms with Crippen molar-refractivity contribution in [3.05, 3.63) is 28.5 Å². The molecular weight excluding hydrogens is 300 g/mol. The molecule has 0 fully saturated rings. The summed E-state index contributed by atoms with van der Waals surface area (Å²) in [6.07, 6.45) is 1.77. The number of aryl methyl sites for hydroxylation is 1. The van der Waals surface area contributed by atoms with Crippen LogP contribution in [0, 0.1) is 6.92 Å². The predicted molar refractivity (Wildman–Crippen MR) is 82.8 cm³/mol. The van der Waals surface area contributed by atoms with Crippen LogP contribution in [0.1, 0.15) is 35.2 Å². The summed E-state index contributed by atoms with van der Waals surface area (Å²) in [5.41, 5.74) is 1.97. The Bertz CT molecular complexity index is 730. The summed E-state index contributed by atoms with van der Waals surface area (Å²) in [6, 6.07) is 1.96. The Morgan fingerprint density at radius 3 is 3.14 bits per heavy atom. The Hall–Kier alpha value is -1.93. The van der Waals surface area contributed by atoms with E-state index in [0.717, 1.165) is 21.4 Å². The summed E-state index contributed by atoms with van der Waals surface area (Å²) in [5, 5.41) is 12.4. The molecule has 2 aromatic heterocycles. The molecule has 2 aliphatic rings. The third kappa shape index (κ3) is 2.38. The number of rotatable bonds is 2. The Kier molecular flexibility index (Phi) is 3.34. The van der Waals surface area contributed by atoms with E-state index in [4.69, 9.17) is 9.72 Å². The summed E-state index contributed by atoms with van der Waals surface area (Å²) in [7, 11) is 0. The molecule has 3 atom stereocenters. The van der Waals surface area contributed by atoms with Crippen LogP contribution in [0.5, 0.6) is 0 Å². The summed E-state index contributed by atoms with van der Waals surface area (Å²) in [5.74, 6) is 0.792. The summed E-state index contributed by atoms with van der Waals surface area (Å²) < 4.78 is 5.88. The molecule has 0 aliphatic carbocycles. The van der Waals surface area contributed by atoms with Crippen LogP contribution in [-0.4, -0.2) is 34.1 Å². The molecule has 2 aromatic rings. The first kappa shape index (κ1) is 13.7. The molecule has 0 bridgehead atoms. The maximum Gasteiger partial charge on any atom is 0.229 e. The number of nitrogens with zero attached hydrogens (tertiary/aromatic N) is 5. The molecule has 0 spiro atoms. The fourth-order valence-corrected chi connectivity index (χ4v) is 3.77. The van der Waals surface area contributed by atoms with Crippen LogP contribution in [0.3, 0.4) is 0 Å². The Morgan fingerprint density at radius 2 is 2.27 bits per heavy atom. The zero-order valence-corrected chi connectivity index (χ0v) is 13.2. The third-order valence-electron chi connectivity index (χ3n) is 3.90. The van der Waals surface area contributed by atoms with Crippen LogP contribution in [0.25, 0.3) is 0 Å². The van der Waals surface area contributed by atoms with Crippen LogP contribution < -0.4 is 5.32 Å². The van der Waals surface area contributed by atoms with Crippen molar-refractivity contribution in [2.75, 3.05) is 18.5 Å². The minimum atomic E-state index is 0.0299. The molecule has 0 amide bonds. The normalized spacial score (nSPS) is 26.4. The Morgan fingerprint density at radius 1 is 1.36 bits per heavy atom. The van der Waals surface area contributed by atoms with E-state index in [1.54, 1.807) is 17.5 Å². The highest BCUT2D eigenvalue weighted by molar-refractivity contribution is 7.15. The minimum Gasteiger partial charge on any atom is -0.371 e. The van der Waals surface area contributed by atoms with Gasteiger partial charge in [0.1, 0.15) is 6.04 Å². The molecule has 4 rings (SSSR count). The Balaban J connectivity index is 1.66. The quantitative estimate of drug-likeness (QED) is 0.920. The standard InChI is InChI=1S/C14H16N6OS/c1-7-3-4-15-13(17-7)19-14-18-11-9-5-16-20-10(9)6-21-8(2)12(11)22-14/h3-4,8-10H,5-6H2,1-2H3,(H,15,17,18,19). The second kappa shape index (κ2) is 5.36. The number of nitrogens with one attached hydrogen (secondary N) is 1. The van der Waals surface area contributed by atoms with E-state index >= 15 is 0 Å². The zero-order chi connectivity index (χ0) is 15.1. The molecular formula is C14H16N6OS. The highest BCUT2D eigenvalue weighted by Gasteiger charge is 2.37. The van der Waals surface area contributed by atoms with Crippen LogP contribution in [0.2, 0.25) is 0 Å². The second-order valence-corrected chi connectivity index (χ2v) is 6.53. The molecule has 0 aromatic carbocycles. The van der Waals surface area contributed by atoms with Crippen molar-refractivity contribution < 1.29 is 4.74 Å². The maximum atomic E-state index is 5.88. The summed E-state index contributed by atoms with van der Waals surface area (Å²) in [6.45, 7) is 5.30. The van der Waals surface area contributed by atoms with E-state index < -0.39 is 0 Å². The smallest absolute Gasteiger partial charge is 0.229 e. The van der Waals surface area contributed by atoms with E-state index in [9.17, 15) is 0 Å². The monoisotopic (exact) mass is 316 g/mol. The van der Waals surface area contributed by atoms with Gasteiger partial charge >= 0.3 is 0 Å². The molecule has 1 N–H and O–H groups in total. The van der Waals surface area contributed by atoms with Gasteiger partial charge in [-0.05, 0) is 19.9 Å². The molecule has 22 heavy (non-hydrogen) atoms. The lowest BCUT2D eigenvalue weighted by Crippen LogP contribution is -2.18. The van der Waals surface area contributed by atoms with Gasteiger partial charge in [-0.25, -0.2) is 15.0 Å². The molecule has 8 heteroatoms. The first-order valence-corrected chi connectivity index (χ1v) is 8.08. The topological polar surface area (TPSA) is 84.7 Å². The molecule has 2 aliphatic heterocycles. The van der Waals surface area contributed by atoms with Crippen molar-refractivity contribution in [1.82, 2.24) is 15.0 Å². The van der Waals surface area contributed by atoms with Gasteiger partial charge in [0.15, 0.2) is 5.13 Å². The molecule has 3 unspecified atom stereocenters. The summed E-state index contributed by atoms with van der Waals surface area (Å²) in [4.78, 5) is 14.5. The third-order valence-corrected chi connectivity index (χ3v) is 5.05. The molecule has 0 saturated heterocycles. The van der Waals surface area contributed by atoms with E-state index in [1.165, 1.54) is 0 Å². The lowest BCUT2D eigenvalue weighted by Gasteiger charge is -2.11. The number of ether oxygens (including phenoxy) is 1. The number of thiazole rings is 1. The van der Waals surface area contributed by atoms with Gasteiger partial charge in [-0.2, -0.15) is 10.2 Å². The second-order valence-electron chi connectivity index (χ2n) is 5.50. The van der Waals surface area contributed by atoms with Gasteiger partial charge in [-0.1, -0.05) is 11.3 Å². The fraction of sp³-hybridized carbons (Fsp3) is 0.500. The number of anilines is 2. The zero-order valence-electron chi connectivity index (χ0n) is 12.4. The Labute approximate surface area is 131 Å². The van der Waals surface area contributed by atoms with E-state index in [0.29, 0.717) is 19.1 Å². The van der Waals surface area contributed by atoms with Crippen molar-refractivity contribution in [2.45, 2.75) is 31.9 Å². The first-order valence-electron chi connectivity index (χ1n) is 7.26. The first-order chi connectivity index (χ1) is 10.7. The van der Waals surface area contributed by atoms with E-state index in [2.05, 4.69) is 32.4 Å². The van der Waals surface area contributed by atoms with Gasteiger partial charge in [0, 0.05) is 11.9 Å². The molecule has 114 valence electrons. The maximum absolute atomic E-state index is 5.88. The van der Waals surface area contributed by atoms with Gasteiger partial charge in [-0.3, -0.25) is 0 Å². The average molecular weight is 316 g/mol. The minimum absolute atomic E-state index is 0.0299. The molecule has 0 radical (unpaired) electrons. The van der Waals surface area contributed by atoms with E-state index in [-0.39, 0.29) is 18.1 Å². The lowest BCUT2D eigenvalue weighted by atomic mass is 9.98. The van der Waals surface area contributed by atoms with Crippen LogP contribution in [0.4, 0.5) is 11.1 Å². The van der Waals surface area contributed by atoms with Gasteiger partial charge in [-0.15, -0.1) is 0 Å². The highest BCUT2D eigenvalue weighted by atomic mass is 32.1. The van der Waals surface area contributed by atoms with Gasteiger partial charge in [0.2, 0.25) is 5.95 Å². The fourth-order valence-electron chi connectivity index (χ4n) is 2.74. The van der Waals surface area contributed by atoms with Crippen molar-refractivity contribution in [2.24, 2.45) is 10.2 Å². The lowest BCUT2D eigenvalue weighted by molar-refractivity contribution is 0.0631. The number of fused-ring (bicyclic) bond motifs is 3. The van der Waals surface area contributed by atoms with Gasteiger partial charge in [0.05, 0.1) is 35.7 Å². The average Bonchev–Trinajstić information content (AvgIpc) is 3.08. The van der Waals surface area contributed by atoms with Crippen molar-refractivity contribution >= 4 is 22.4 Å². The number of azo groups is 1. The van der Waals surface area contributed by atoms with Crippen molar-refractivity contribution in [3.63, 3.8) is 0 Å². The predicted octanol–water partition coefficient (Wildman–Crippen LogP) is 2.99. The van der Waals surface area contributed by atoms with Crippen LogP contribution in [-0.2, 0) is 4.74 Å². The van der Waals surface area contributed by atoms with Crippen molar-refractivity contribution in [3.8, 4) is 0 Å². The molecule has 4 heterocycles. The molecule has 0 saturated carbocycles. The number of hydrogen-bond acceptors (Lipinski definition) is 8. The summed E-state index contributed by atoms with van der Waals surface area (Å²) >= 11 is 1.60. The van der Waals surface area contributed by atoms with Crippen LogP contribution >= 0.6 is 11.3 Å². The number of aromatic nitrogens is 3. The highest BCUT2D eigenvalue weighted by Crippen LogP contribution is 2.41. The van der Waals surface area contributed by atoms with Gasteiger partial charge < -0.3 is 10.1 Å². The van der Waals surface area contributed by atoms with Gasteiger partial charge in [0.25, 0.3) is 0 Å².